The van der Waals surface area contributed by atoms with Crippen LogP contribution in [0.2, 0.25) is 10.0 Å². The quantitative estimate of drug-likeness (QED) is 0.806. The van der Waals surface area contributed by atoms with Gasteiger partial charge >= 0.3 is 0 Å². The van der Waals surface area contributed by atoms with Gasteiger partial charge in [0.05, 0.1) is 15.7 Å². The average molecular weight is 343 g/mol. The third-order valence-corrected chi connectivity index (χ3v) is 4.40. The fraction of sp³-hybridized carbons (Fsp3) is 0.438. The van der Waals surface area contributed by atoms with E-state index in [1.165, 1.54) is 0 Å². The first-order valence-electron chi connectivity index (χ1n) is 7.12. The van der Waals surface area contributed by atoms with E-state index in [4.69, 9.17) is 32.5 Å². The second-order valence-electron chi connectivity index (χ2n) is 5.19. The van der Waals surface area contributed by atoms with Crippen molar-refractivity contribution >= 4 is 23.2 Å². The van der Waals surface area contributed by atoms with Gasteiger partial charge in [0.2, 0.25) is 0 Å². The van der Waals surface area contributed by atoms with Crippen LogP contribution < -0.4 is 5.32 Å². The molecular weight excluding hydrogens is 323 g/mol. The SMILES string of the molecule is COCC[C@H](NCc1c(C)noc1C)c1ccc(Cl)c(Cl)c1. The van der Waals surface area contributed by atoms with Crippen molar-refractivity contribution in [3.05, 3.63) is 50.8 Å². The minimum Gasteiger partial charge on any atom is -0.385 e. The van der Waals surface area contributed by atoms with E-state index in [1.54, 1.807) is 7.11 Å². The highest BCUT2D eigenvalue weighted by Gasteiger charge is 2.15. The van der Waals surface area contributed by atoms with Crippen molar-refractivity contribution in [1.29, 1.82) is 0 Å². The molecule has 0 saturated heterocycles. The highest BCUT2D eigenvalue weighted by atomic mass is 35.5. The van der Waals surface area contributed by atoms with E-state index in [9.17, 15) is 0 Å². The van der Waals surface area contributed by atoms with Gasteiger partial charge in [0, 0.05) is 31.9 Å². The first kappa shape index (κ1) is 17.3. The molecule has 0 saturated carbocycles. The lowest BCUT2D eigenvalue weighted by Crippen LogP contribution is -2.23. The molecule has 6 heteroatoms. The molecule has 22 heavy (non-hydrogen) atoms. The van der Waals surface area contributed by atoms with E-state index >= 15 is 0 Å². The van der Waals surface area contributed by atoms with Crippen molar-refractivity contribution in [2.75, 3.05) is 13.7 Å². The van der Waals surface area contributed by atoms with Gasteiger partial charge in [-0.1, -0.05) is 34.4 Å². The fourth-order valence-electron chi connectivity index (χ4n) is 2.33. The number of hydrogen-bond acceptors (Lipinski definition) is 4. The summed E-state index contributed by atoms with van der Waals surface area (Å²) in [7, 11) is 1.69. The Hall–Kier alpha value is -1.07. The van der Waals surface area contributed by atoms with E-state index < -0.39 is 0 Å². The van der Waals surface area contributed by atoms with Gasteiger partial charge in [-0.25, -0.2) is 0 Å². The summed E-state index contributed by atoms with van der Waals surface area (Å²) >= 11 is 12.1. The van der Waals surface area contributed by atoms with Gasteiger partial charge in [-0.2, -0.15) is 0 Å². The zero-order valence-corrected chi connectivity index (χ0v) is 14.5. The van der Waals surface area contributed by atoms with Crippen LogP contribution in [0, 0.1) is 13.8 Å². The molecule has 1 aromatic heterocycles. The molecule has 2 aromatic rings. The maximum absolute atomic E-state index is 6.13. The highest BCUT2D eigenvalue weighted by molar-refractivity contribution is 6.42. The molecule has 1 N–H and O–H groups in total. The molecular formula is C16H20Cl2N2O2. The number of methoxy groups -OCH3 is 1. The smallest absolute Gasteiger partial charge is 0.138 e. The Bertz CT molecular complexity index is 609. The van der Waals surface area contributed by atoms with Gasteiger partial charge in [-0.3, -0.25) is 0 Å². The summed E-state index contributed by atoms with van der Waals surface area (Å²) in [5.74, 6) is 0.838. The number of nitrogens with one attached hydrogen (secondary N) is 1. The molecule has 1 aromatic carbocycles. The lowest BCUT2D eigenvalue weighted by atomic mass is 10.0. The van der Waals surface area contributed by atoms with E-state index in [2.05, 4.69) is 10.5 Å². The number of aryl methyl sites for hydroxylation is 2. The fourth-order valence-corrected chi connectivity index (χ4v) is 2.64. The molecule has 0 unspecified atom stereocenters. The summed E-state index contributed by atoms with van der Waals surface area (Å²) in [6.45, 7) is 5.19. The molecule has 4 nitrogen and oxygen atoms in total. The Balaban J connectivity index is 2.13. The van der Waals surface area contributed by atoms with Crippen molar-refractivity contribution in [3.63, 3.8) is 0 Å². The van der Waals surface area contributed by atoms with Crippen LogP contribution in [0.4, 0.5) is 0 Å². The maximum atomic E-state index is 6.13. The summed E-state index contributed by atoms with van der Waals surface area (Å²) in [5, 5.41) is 8.61. The molecule has 0 aliphatic carbocycles. The molecule has 2 rings (SSSR count). The van der Waals surface area contributed by atoms with Crippen LogP contribution in [0.3, 0.4) is 0 Å². The summed E-state index contributed by atoms with van der Waals surface area (Å²) < 4.78 is 10.4. The molecule has 0 radical (unpaired) electrons. The van der Waals surface area contributed by atoms with E-state index in [1.807, 2.05) is 32.0 Å². The first-order valence-corrected chi connectivity index (χ1v) is 7.87. The Morgan fingerprint density at radius 1 is 1.27 bits per heavy atom. The molecule has 0 bridgehead atoms. The van der Waals surface area contributed by atoms with Crippen molar-refractivity contribution in [2.45, 2.75) is 32.9 Å². The standard InChI is InChI=1S/C16H20Cl2N2O2/c1-10-13(11(2)22-20-10)9-19-16(6-7-21-3)12-4-5-14(17)15(18)8-12/h4-5,8,16,19H,6-7,9H2,1-3H3/t16-/m0/s1. The maximum Gasteiger partial charge on any atom is 0.138 e. The van der Waals surface area contributed by atoms with Gasteiger partial charge in [-0.05, 0) is 38.0 Å². The summed E-state index contributed by atoms with van der Waals surface area (Å²) in [6.07, 6.45) is 0.831. The Morgan fingerprint density at radius 2 is 2.05 bits per heavy atom. The molecule has 0 fully saturated rings. The Morgan fingerprint density at radius 3 is 2.64 bits per heavy atom. The molecule has 120 valence electrons. The number of aromatic nitrogens is 1. The van der Waals surface area contributed by atoms with Gasteiger partial charge in [0.25, 0.3) is 0 Å². The van der Waals surface area contributed by atoms with Crippen molar-refractivity contribution < 1.29 is 9.26 Å². The number of rotatable bonds is 7. The van der Waals surface area contributed by atoms with Crippen LogP contribution >= 0.6 is 23.2 Å². The molecule has 1 heterocycles. The van der Waals surface area contributed by atoms with E-state index in [0.29, 0.717) is 23.2 Å². The van der Waals surface area contributed by atoms with Gasteiger partial charge in [0.1, 0.15) is 5.76 Å². The van der Waals surface area contributed by atoms with Gasteiger partial charge < -0.3 is 14.6 Å². The van der Waals surface area contributed by atoms with Crippen molar-refractivity contribution in [3.8, 4) is 0 Å². The number of nitrogens with zero attached hydrogens (tertiary/aromatic N) is 1. The topological polar surface area (TPSA) is 47.3 Å². The predicted octanol–water partition coefficient (Wildman–Crippen LogP) is 4.47. The Labute approximate surface area is 140 Å². The monoisotopic (exact) mass is 342 g/mol. The molecule has 0 aliphatic rings. The molecule has 0 amide bonds. The van der Waals surface area contributed by atoms with E-state index in [0.717, 1.165) is 29.0 Å². The van der Waals surface area contributed by atoms with Crippen molar-refractivity contribution in [2.24, 2.45) is 0 Å². The third-order valence-electron chi connectivity index (χ3n) is 3.66. The number of benzene rings is 1. The summed E-state index contributed by atoms with van der Waals surface area (Å²) in [5.41, 5.74) is 3.07. The third kappa shape index (κ3) is 4.23. The van der Waals surface area contributed by atoms with Crippen LogP contribution in [0.5, 0.6) is 0 Å². The zero-order chi connectivity index (χ0) is 16.1. The average Bonchev–Trinajstić information content (AvgIpc) is 2.82. The molecule has 1 atom stereocenters. The predicted molar refractivity (Wildman–Crippen MR) is 88.5 cm³/mol. The van der Waals surface area contributed by atoms with Crippen LogP contribution in [0.15, 0.2) is 22.7 Å². The van der Waals surface area contributed by atoms with Crippen LogP contribution in [-0.2, 0) is 11.3 Å². The first-order chi connectivity index (χ1) is 10.5. The second kappa shape index (κ2) is 7.97. The zero-order valence-electron chi connectivity index (χ0n) is 13.0. The van der Waals surface area contributed by atoms with Gasteiger partial charge in [-0.15, -0.1) is 0 Å². The lowest BCUT2D eigenvalue weighted by molar-refractivity contribution is 0.182. The van der Waals surface area contributed by atoms with Crippen LogP contribution in [-0.4, -0.2) is 18.9 Å². The highest BCUT2D eigenvalue weighted by Crippen LogP contribution is 2.27. The van der Waals surface area contributed by atoms with Crippen LogP contribution in [0.25, 0.3) is 0 Å². The largest absolute Gasteiger partial charge is 0.385 e. The van der Waals surface area contributed by atoms with E-state index in [-0.39, 0.29) is 6.04 Å². The molecule has 0 spiro atoms. The number of hydrogen-bond donors (Lipinski definition) is 1. The number of halogens is 2. The minimum atomic E-state index is 0.114. The lowest BCUT2D eigenvalue weighted by Gasteiger charge is -2.19. The summed E-state index contributed by atoms with van der Waals surface area (Å²) in [6, 6.07) is 5.80. The van der Waals surface area contributed by atoms with Crippen LogP contribution in [0.1, 0.15) is 35.0 Å². The van der Waals surface area contributed by atoms with Crippen molar-refractivity contribution in [1.82, 2.24) is 10.5 Å². The summed E-state index contributed by atoms with van der Waals surface area (Å²) in [4.78, 5) is 0. The normalized spacial score (nSPS) is 12.6. The molecule has 0 aliphatic heterocycles. The van der Waals surface area contributed by atoms with Gasteiger partial charge in [0.15, 0.2) is 0 Å². The Kier molecular flexibility index (Phi) is 6.26. The minimum absolute atomic E-state index is 0.114. The second-order valence-corrected chi connectivity index (χ2v) is 6.01. The number of ether oxygens (including phenoxy) is 1.